The van der Waals surface area contributed by atoms with E-state index in [9.17, 15) is 4.79 Å². The van der Waals surface area contributed by atoms with Gasteiger partial charge in [0.1, 0.15) is 0 Å². The Hall–Kier alpha value is -0.670. The summed E-state index contributed by atoms with van der Waals surface area (Å²) >= 11 is 7.64. The molecule has 0 fully saturated rings. The lowest BCUT2D eigenvalue weighted by Crippen LogP contribution is -2.33. The van der Waals surface area contributed by atoms with E-state index in [4.69, 9.17) is 11.6 Å². The van der Waals surface area contributed by atoms with Crippen molar-refractivity contribution in [2.45, 2.75) is 38.5 Å². The van der Waals surface area contributed by atoms with Crippen molar-refractivity contribution in [3.63, 3.8) is 0 Å². The smallest absolute Gasteiger partial charge is 0.230 e. The SMILES string of the molecule is CCCC(C)NC(=O)CSCc1ccccc1Cl. The predicted molar refractivity (Wildman–Crippen MR) is 80.1 cm³/mol. The minimum Gasteiger partial charge on any atom is -0.353 e. The number of carbonyl (C=O) groups is 1. The molecule has 0 aliphatic carbocycles. The van der Waals surface area contributed by atoms with Gasteiger partial charge in [0.25, 0.3) is 0 Å². The van der Waals surface area contributed by atoms with E-state index in [0.29, 0.717) is 5.75 Å². The number of amides is 1. The normalized spacial score (nSPS) is 12.2. The Kier molecular flexibility index (Phi) is 7.21. The lowest BCUT2D eigenvalue weighted by molar-refractivity contribution is -0.119. The first kappa shape index (κ1) is 15.4. The number of nitrogens with one attached hydrogen (secondary N) is 1. The van der Waals surface area contributed by atoms with Crippen molar-refractivity contribution < 1.29 is 4.79 Å². The predicted octanol–water partition coefficient (Wildman–Crippen LogP) is 3.88. The topological polar surface area (TPSA) is 29.1 Å². The fourth-order valence-corrected chi connectivity index (χ4v) is 2.82. The molecule has 0 radical (unpaired) electrons. The molecular formula is C14H20ClNOS. The highest BCUT2D eigenvalue weighted by Gasteiger charge is 2.07. The number of thioether (sulfide) groups is 1. The van der Waals surface area contributed by atoms with Crippen LogP contribution < -0.4 is 5.32 Å². The number of rotatable bonds is 7. The summed E-state index contributed by atoms with van der Waals surface area (Å²) in [6, 6.07) is 8.01. The molecule has 0 saturated heterocycles. The van der Waals surface area contributed by atoms with Crippen LogP contribution in [-0.4, -0.2) is 17.7 Å². The summed E-state index contributed by atoms with van der Waals surface area (Å²) < 4.78 is 0. The third kappa shape index (κ3) is 5.78. The largest absolute Gasteiger partial charge is 0.353 e. The Morgan fingerprint density at radius 3 is 2.83 bits per heavy atom. The van der Waals surface area contributed by atoms with Crippen molar-refractivity contribution in [3.8, 4) is 0 Å². The lowest BCUT2D eigenvalue weighted by Gasteiger charge is -2.12. The first-order valence-electron chi connectivity index (χ1n) is 6.24. The fraction of sp³-hybridized carbons (Fsp3) is 0.500. The van der Waals surface area contributed by atoms with E-state index in [0.717, 1.165) is 29.2 Å². The maximum Gasteiger partial charge on any atom is 0.230 e. The number of carbonyl (C=O) groups excluding carboxylic acids is 1. The number of halogens is 1. The Morgan fingerprint density at radius 1 is 1.44 bits per heavy atom. The molecule has 0 aromatic heterocycles. The third-order valence-corrected chi connectivity index (χ3v) is 3.93. The maximum atomic E-state index is 11.6. The van der Waals surface area contributed by atoms with Crippen molar-refractivity contribution in [1.82, 2.24) is 5.32 Å². The molecule has 18 heavy (non-hydrogen) atoms. The van der Waals surface area contributed by atoms with Crippen molar-refractivity contribution in [3.05, 3.63) is 34.9 Å². The summed E-state index contributed by atoms with van der Waals surface area (Å²) in [5.41, 5.74) is 1.08. The zero-order valence-corrected chi connectivity index (χ0v) is 12.5. The van der Waals surface area contributed by atoms with Crippen molar-refractivity contribution in [2.24, 2.45) is 0 Å². The van der Waals surface area contributed by atoms with E-state index >= 15 is 0 Å². The average molecular weight is 286 g/mol. The van der Waals surface area contributed by atoms with Gasteiger partial charge in [-0.15, -0.1) is 11.8 Å². The van der Waals surface area contributed by atoms with Gasteiger partial charge in [0, 0.05) is 16.8 Å². The van der Waals surface area contributed by atoms with Gasteiger partial charge in [-0.25, -0.2) is 0 Å². The van der Waals surface area contributed by atoms with Crippen LogP contribution in [0.1, 0.15) is 32.3 Å². The monoisotopic (exact) mass is 285 g/mol. The highest BCUT2D eigenvalue weighted by molar-refractivity contribution is 7.99. The van der Waals surface area contributed by atoms with Gasteiger partial charge in [-0.1, -0.05) is 43.1 Å². The molecule has 0 spiro atoms. The second-order valence-corrected chi connectivity index (χ2v) is 5.73. The van der Waals surface area contributed by atoms with E-state index < -0.39 is 0 Å². The van der Waals surface area contributed by atoms with Crippen LogP contribution in [0.5, 0.6) is 0 Å². The van der Waals surface area contributed by atoms with E-state index in [1.807, 2.05) is 31.2 Å². The second kappa shape index (κ2) is 8.44. The summed E-state index contributed by atoms with van der Waals surface area (Å²) in [4.78, 5) is 11.6. The van der Waals surface area contributed by atoms with Crippen molar-refractivity contribution in [1.29, 1.82) is 0 Å². The summed E-state index contributed by atoms with van der Waals surface area (Å²) in [7, 11) is 0. The first-order chi connectivity index (χ1) is 8.63. The van der Waals surface area contributed by atoms with E-state index in [1.54, 1.807) is 11.8 Å². The van der Waals surface area contributed by atoms with Gasteiger partial charge in [-0.3, -0.25) is 4.79 Å². The van der Waals surface area contributed by atoms with Gasteiger partial charge in [0.2, 0.25) is 5.91 Å². The molecule has 1 aromatic rings. The Balaban J connectivity index is 2.25. The van der Waals surface area contributed by atoms with Crippen LogP contribution in [0.4, 0.5) is 0 Å². The Morgan fingerprint density at radius 2 is 2.17 bits per heavy atom. The zero-order valence-electron chi connectivity index (χ0n) is 10.9. The van der Waals surface area contributed by atoms with Crippen LogP contribution in [0.3, 0.4) is 0 Å². The molecular weight excluding hydrogens is 266 g/mol. The van der Waals surface area contributed by atoms with Crippen molar-refractivity contribution in [2.75, 3.05) is 5.75 Å². The van der Waals surface area contributed by atoms with E-state index in [-0.39, 0.29) is 11.9 Å². The van der Waals surface area contributed by atoms with E-state index in [1.165, 1.54) is 0 Å². The molecule has 0 aliphatic heterocycles. The summed E-state index contributed by atoms with van der Waals surface area (Å²) in [5, 5.41) is 3.76. The minimum atomic E-state index is 0.105. The molecule has 0 aliphatic rings. The molecule has 0 saturated carbocycles. The average Bonchev–Trinajstić information content (AvgIpc) is 2.31. The molecule has 1 aromatic carbocycles. The number of hydrogen-bond donors (Lipinski definition) is 1. The van der Waals surface area contributed by atoms with Gasteiger partial charge in [-0.2, -0.15) is 0 Å². The summed E-state index contributed by atoms with van der Waals surface area (Å²) in [5.74, 6) is 1.36. The van der Waals surface area contributed by atoms with Gasteiger partial charge in [0.15, 0.2) is 0 Å². The van der Waals surface area contributed by atoms with Gasteiger partial charge in [0.05, 0.1) is 5.75 Å². The molecule has 2 nitrogen and oxygen atoms in total. The Labute approximate surface area is 118 Å². The van der Waals surface area contributed by atoms with E-state index in [2.05, 4.69) is 12.2 Å². The van der Waals surface area contributed by atoms with Crippen LogP contribution in [0.25, 0.3) is 0 Å². The maximum absolute atomic E-state index is 11.6. The molecule has 100 valence electrons. The Bertz CT molecular complexity index is 384. The number of hydrogen-bond acceptors (Lipinski definition) is 2. The zero-order chi connectivity index (χ0) is 13.4. The summed E-state index contributed by atoms with van der Waals surface area (Å²) in [6.07, 6.45) is 2.12. The highest BCUT2D eigenvalue weighted by atomic mass is 35.5. The standard InChI is InChI=1S/C14H20ClNOS/c1-3-6-11(2)16-14(17)10-18-9-12-7-4-5-8-13(12)15/h4-5,7-8,11H,3,6,9-10H2,1-2H3,(H,16,17). The molecule has 1 amide bonds. The first-order valence-corrected chi connectivity index (χ1v) is 7.77. The quantitative estimate of drug-likeness (QED) is 0.824. The second-order valence-electron chi connectivity index (χ2n) is 4.34. The lowest BCUT2D eigenvalue weighted by atomic mass is 10.2. The molecule has 1 N–H and O–H groups in total. The fourth-order valence-electron chi connectivity index (χ4n) is 1.69. The van der Waals surface area contributed by atoms with Gasteiger partial charge >= 0.3 is 0 Å². The van der Waals surface area contributed by atoms with Crippen LogP contribution in [0.2, 0.25) is 5.02 Å². The van der Waals surface area contributed by atoms with Crippen LogP contribution in [-0.2, 0) is 10.5 Å². The van der Waals surface area contributed by atoms with Crippen molar-refractivity contribution >= 4 is 29.3 Å². The minimum absolute atomic E-state index is 0.105. The molecule has 1 rings (SSSR count). The highest BCUT2D eigenvalue weighted by Crippen LogP contribution is 2.20. The summed E-state index contributed by atoms with van der Waals surface area (Å²) in [6.45, 7) is 4.16. The third-order valence-electron chi connectivity index (χ3n) is 2.58. The molecule has 1 unspecified atom stereocenters. The molecule has 0 heterocycles. The molecule has 1 atom stereocenters. The number of benzene rings is 1. The van der Waals surface area contributed by atoms with Gasteiger partial charge in [-0.05, 0) is 25.0 Å². The van der Waals surface area contributed by atoms with Crippen LogP contribution in [0, 0.1) is 0 Å². The van der Waals surface area contributed by atoms with Gasteiger partial charge < -0.3 is 5.32 Å². The van der Waals surface area contributed by atoms with Crippen LogP contribution >= 0.6 is 23.4 Å². The van der Waals surface area contributed by atoms with Crippen LogP contribution in [0.15, 0.2) is 24.3 Å². The molecule has 4 heteroatoms. The molecule has 0 bridgehead atoms.